The van der Waals surface area contributed by atoms with Crippen molar-refractivity contribution in [1.82, 2.24) is 14.4 Å². The lowest BCUT2D eigenvalue weighted by molar-refractivity contribution is 0.0697. The number of fused-ring (bicyclic) bond motifs is 1. The number of pyridine rings is 1. The van der Waals surface area contributed by atoms with Crippen LogP contribution in [-0.2, 0) is 0 Å². The molecule has 2 aromatic rings. The highest BCUT2D eigenvalue weighted by atomic mass is 16.4. The summed E-state index contributed by atoms with van der Waals surface area (Å²) in [7, 11) is 0. The molecule has 0 aromatic carbocycles. The molecule has 1 N–H and O–H groups in total. The summed E-state index contributed by atoms with van der Waals surface area (Å²) >= 11 is 0. The molecule has 0 unspecified atom stereocenters. The fourth-order valence-corrected chi connectivity index (χ4v) is 1.25. The Morgan fingerprint density at radius 1 is 1.47 bits per heavy atom. The number of carbonyl (C=O) groups is 1. The molecule has 0 saturated heterocycles. The van der Waals surface area contributed by atoms with E-state index in [-0.39, 0.29) is 11.2 Å². The van der Waals surface area contributed by atoms with E-state index in [9.17, 15) is 9.59 Å². The van der Waals surface area contributed by atoms with E-state index >= 15 is 0 Å². The highest BCUT2D eigenvalue weighted by molar-refractivity contribution is 5.88. The van der Waals surface area contributed by atoms with Gasteiger partial charge in [-0.15, -0.1) is 0 Å². The molecule has 2 rings (SSSR count). The van der Waals surface area contributed by atoms with Crippen LogP contribution in [0.25, 0.3) is 5.65 Å². The summed E-state index contributed by atoms with van der Waals surface area (Å²) in [6.07, 6.45) is 1.35. The number of aromatic carboxylic acids is 1. The highest BCUT2D eigenvalue weighted by Gasteiger charge is 2.06. The zero-order valence-electron chi connectivity index (χ0n) is 7.84. The first kappa shape index (κ1) is 9.32. The quantitative estimate of drug-likeness (QED) is 0.713. The van der Waals surface area contributed by atoms with Crippen LogP contribution in [-0.4, -0.2) is 25.4 Å². The molecule has 76 valence electrons. The van der Waals surface area contributed by atoms with Crippen LogP contribution in [0, 0.1) is 6.92 Å². The second-order valence-corrected chi connectivity index (χ2v) is 3.00. The van der Waals surface area contributed by atoms with Gasteiger partial charge in [0.2, 0.25) is 0 Å². The zero-order chi connectivity index (χ0) is 11.0. The minimum Gasteiger partial charge on any atom is -0.478 e. The maximum Gasteiger partial charge on any atom is 0.355 e. The molecule has 0 spiro atoms. The van der Waals surface area contributed by atoms with Gasteiger partial charge in [-0.3, -0.25) is 4.40 Å². The predicted octanol–water partition coefficient (Wildman–Crippen LogP) is 0.0961. The van der Waals surface area contributed by atoms with Gasteiger partial charge in [0.05, 0.1) is 5.56 Å². The largest absolute Gasteiger partial charge is 0.478 e. The highest BCUT2D eigenvalue weighted by Crippen LogP contribution is 2.02. The molecule has 0 atom stereocenters. The third-order valence-electron chi connectivity index (χ3n) is 1.92. The third-order valence-corrected chi connectivity index (χ3v) is 1.92. The van der Waals surface area contributed by atoms with Gasteiger partial charge < -0.3 is 5.11 Å². The smallest absolute Gasteiger partial charge is 0.355 e. The summed E-state index contributed by atoms with van der Waals surface area (Å²) in [5.41, 5.74) is -0.0886. The molecule has 0 bridgehead atoms. The van der Waals surface area contributed by atoms with Gasteiger partial charge in [-0.1, -0.05) is 0 Å². The maximum atomic E-state index is 11.3. The Bertz CT molecular complexity index is 603. The number of carboxylic acids is 1. The third kappa shape index (κ3) is 1.56. The lowest BCUT2D eigenvalue weighted by atomic mass is 10.3. The summed E-state index contributed by atoms with van der Waals surface area (Å²) in [5, 5.41) is 8.75. The normalized spacial score (nSPS) is 10.5. The molecule has 0 amide bonds. The number of aryl methyl sites for hydroxylation is 1. The Kier molecular flexibility index (Phi) is 1.96. The van der Waals surface area contributed by atoms with Crippen molar-refractivity contribution < 1.29 is 9.90 Å². The van der Waals surface area contributed by atoms with Crippen LogP contribution in [0.3, 0.4) is 0 Å². The summed E-state index contributed by atoms with van der Waals surface area (Å²) in [6, 6.07) is 2.66. The number of carboxylic acid groups (broad SMARTS) is 1. The first-order valence-electron chi connectivity index (χ1n) is 4.18. The van der Waals surface area contributed by atoms with Crippen LogP contribution >= 0.6 is 0 Å². The Morgan fingerprint density at radius 2 is 2.20 bits per heavy atom. The summed E-state index contributed by atoms with van der Waals surface area (Å²) in [4.78, 5) is 29.6. The van der Waals surface area contributed by atoms with Crippen LogP contribution in [0.1, 0.15) is 16.2 Å². The standard InChI is InChI=1S/C9H7N3O3/c1-5-10-7-4-6(8(13)14)2-3-12(7)9(15)11-5/h2-4H,1H3,(H,13,14). The summed E-state index contributed by atoms with van der Waals surface area (Å²) in [6.45, 7) is 1.58. The number of hydrogen-bond acceptors (Lipinski definition) is 4. The monoisotopic (exact) mass is 205 g/mol. The van der Waals surface area contributed by atoms with Crippen LogP contribution < -0.4 is 5.69 Å². The van der Waals surface area contributed by atoms with E-state index in [0.29, 0.717) is 5.82 Å². The molecular formula is C9H7N3O3. The molecule has 15 heavy (non-hydrogen) atoms. The number of hydrogen-bond donors (Lipinski definition) is 1. The van der Waals surface area contributed by atoms with Crippen molar-refractivity contribution >= 4 is 11.6 Å². The fourth-order valence-electron chi connectivity index (χ4n) is 1.25. The number of aromatic nitrogens is 3. The molecule has 0 aliphatic carbocycles. The Labute approximate surface area is 83.8 Å². The molecule has 2 aromatic heterocycles. The minimum absolute atomic E-state index is 0.0903. The first-order chi connectivity index (χ1) is 7.08. The lowest BCUT2D eigenvalue weighted by Gasteiger charge is -2.00. The van der Waals surface area contributed by atoms with Crippen LogP contribution in [0.5, 0.6) is 0 Å². The van der Waals surface area contributed by atoms with Crippen molar-refractivity contribution in [1.29, 1.82) is 0 Å². The first-order valence-corrected chi connectivity index (χ1v) is 4.18. The molecule has 0 fully saturated rings. The van der Waals surface area contributed by atoms with Crippen molar-refractivity contribution in [3.8, 4) is 0 Å². The van der Waals surface area contributed by atoms with E-state index in [1.54, 1.807) is 6.92 Å². The van der Waals surface area contributed by atoms with E-state index < -0.39 is 11.7 Å². The van der Waals surface area contributed by atoms with Gasteiger partial charge in [-0.25, -0.2) is 14.6 Å². The molecule has 2 heterocycles. The van der Waals surface area contributed by atoms with Gasteiger partial charge in [0.15, 0.2) is 0 Å². The van der Waals surface area contributed by atoms with E-state index in [1.165, 1.54) is 22.7 Å². The second kappa shape index (κ2) is 3.16. The fraction of sp³-hybridized carbons (Fsp3) is 0.111. The van der Waals surface area contributed by atoms with Gasteiger partial charge in [0.1, 0.15) is 11.5 Å². The SMILES string of the molecule is Cc1nc(=O)n2ccc(C(=O)O)cc2n1. The Hall–Kier alpha value is -2.24. The lowest BCUT2D eigenvalue weighted by Crippen LogP contribution is -2.19. The predicted molar refractivity (Wildman–Crippen MR) is 51.0 cm³/mol. The van der Waals surface area contributed by atoms with E-state index in [2.05, 4.69) is 9.97 Å². The van der Waals surface area contributed by atoms with E-state index in [4.69, 9.17) is 5.11 Å². The number of nitrogens with zero attached hydrogens (tertiary/aromatic N) is 3. The zero-order valence-corrected chi connectivity index (χ0v) is 7.84. The van der Waals surface area contributed by atoms with E-state index in [1.807, 2.05) is 0 Å². The minimum atomic E-state index is -1.05. The molecule has 0 aliphatic rings. The van der Waals surface area contributed by atoms with Gasteiger partial charge in [0, 0.05) is 6.20 Å². The van der Waals surface area contributed by atoms with Crippen molar-refractivity contribution in [3.05, 3.63) is 40.2 Å². The van der Waals surface area contributed by atoms with Gasteiger partial charge in [0.25, 0.3) is 0 Å². The van der Waals surface area contributed by atoms with Crippen molar-refractivity contribution in [2.24, 2.45) is 0 Å². The summed E-state index contributed by atoms with van der Waals surface area (Å²) in [5.74, 6) is -0.733. The van der Waals surface area contributed by atoms with Gasteiger partial charge in [-0.05, 0) is 19.1 Å². The molecule has 0 radical (unpaired) electrons. The molecule has 0 saturated carbocycles. The second-order valence-electron chi connectivity index (χ2n) is 3.00. The topological polar surface area (TPSA) is 84.6 Å². The average Bonchev–Trinajstić information content (AvgIpc) is 2.16. The van der Waals surface area contributed by atoms with Gasteiger partial charge in [-0.2, -0.15) is 4.98 Å². The van der Waals surface area contributed by atoms with Gasteiger partial charge >= 0.3 is 11.7 Å². The average molecular weight is 205 g/mol. The molecule has 6 nitrogen and oxygen atoms in total. The molecule has 6 heteroatoms. The maximum absolute atomic E-state index is 11.3. The Morgan fingerprint density at radius 3 is 2.87 bits per heavy atom. The van der Waals surface area contributed by atoms with Crippen LogP contribution in [0.4, 0.5) is 0 Å². The van der Waals surface area contributed by atoms with Crippen molar-refractivity contribution in [3.63, 3.8) is 0 Å². The summed E-state index contributed by atoms with van der Waals surface area (Å²) < 4.78 is 1.19. The molecule has 0 aliphatic heterocycles. The van der Waals surface area contributed by atoms with Crippen LogP contribution in [0.2, 0.25) is 0 Å². The van der Waals surface area contributed by atoms with Crippen LogP contribution in [0.15, 0.2) is 23.1 Å². The molecular weight excluding hydrogens is 198 g/mol. The van der Waals surface area contributed by atoms with E-state index in [0.717, 1.165) is 0 Å². The Balaban J connectivity index is 2.82. The van der Waals surface area contributed by atoms with Crippen molar-refractivity contribution in [2.45, 2.75) is 6.92 Å². The number of rotatable bonds is 1. The van der Waals surface area contributed by atoms with Crippen molar-refractivity contribution in [2.75, 3.05) is 0 Å².